The molecule has 0 saturated carbocycles. The molecular weight excluding hydrogens is 356 g/mol. The molecule has 0 bridgehead atoms. The van der Waals surface area contributed by atoms with E-state index in [1.807, 2.05) is 25.7 Å². The van der Waals surface area contributed by atoms with Gasteiger partial charge in [0.05, 0.1) is 11.1 Å². The van der Waals surface area contributed by atoms with E-state index < -0.39 is 0 Å². The maximum absolute atomic E-state index is 12.5. The molecule has 3 rings (SSSR count). The van der Waals surface area contributed by atoms with Crippen molar-refractivity contribution in [3.05, 3.63) is 42.2 Å². The number of carbonyl (C=O) groups excluding carboxylic acids is 2. The van der Waals surface area contributed by atoms with Gasteiger partial charge >= 0.3 is 0 Å². The Hall–Kier alpha value is -2.96. The van der Waals surface area contributed by atoms with Gasteiger partial charge in [0.25, 0.3) is 5.91 Å². The van der Waals surface area contributed by atoms with Crippen LogP contribution in [0.1, 0.15) is 44.0 Å². The quantitative estimate of drug-likeness (QED) is 0.851. The molecule has 2 aromatic rings. The van der Waals surface area contributed by atoms with Crippen molar-refractivity contribution < 1.29 is 14.7 Å². The predicted molar refractivity (Wildman–Crippen MR) is 106 cm³/mol. The molecule has 0 spiro atoms. The molecule has 1 saturated heterocycles. The van der Waals surface area contributed by atoms with Crippen molar-refractivity contribution in [3.63, 3.8) is 0 Å². The first-order valence-electron chi connectivity index (χ1n) is 9.46. The van der Waals surface area contributed by atoms with Gasteiger partial charge in [-0.3, -0.25) is 9.59 Å². The number of amides is 2. The number of hydrogen-bond acceptors (Lipinski definition) is 5. The predicted octanol–water partition coefficient (Wildman–Crippen LogP) is 2.62. The summed E-state index contributed by atoms with van der Waals surface area (Å²) < 4.78 is 0. The van der Waals surface area contributed by atoms with E-state index in [-0.39, 0.29) is 29.0 Å². The molecule has 1 fully saturated rings. The molecule has 0 aliphatic carbocycles. The lowest BCUT2D eigenvalue weighted by molar-refractivity contribution is -0.140. The minimum absolute atomic E-state index is 0.0226. The monoisotopic (exact) mass is 382 g/mol. The highest BCUT2D eigenvalue weighted by Crippen LogP contribution is 2.25. The van der Waals surface area contributed by atoms with Gasteiger partial charge < -0.3 is 15.3 Å². The fraction of sp³-hybridized carbons (Fsp3) is 0.429. The second kappa shape index (κ2) is 7.96. The first-order chi connectivity index (χ1) is 13.3. The van der Waals surface area contributed by atoms with Crippen LogP contribution < -0.4 is 5.32 Å². The minimum Gasteiger partial charge on any atom is -0.507 e. The Balaban J connectivity index is 1.57. The lowest BCUT2D eigenvalue weighted by Gasteiger charge is -2.36. The van der Waals surface area contributed by atoms with Crippen LogP contribution in [-0.4, -0.2) is 50.9 Å². The van der Waals surface area contributed by atoms with Gasteiger partial charge in [-0.05, 0) is 25.0 Å². The Labute approximate surface area is 164 Å². The zero-order chi connectivity index (χ0) is 20.3. The molecule has 0 atom stereocenters. The topological polar surface area (TPSA) is 95.4 Å². The molecule has 148 valence electrons. The molecule has 2 amide bonds. The smallest absolute Gasteiger partial charge is 0.254 e. The van der Waals surface area contributed by atoms with Crippen LogP contribution in [0.5, 0.6) is 5.75 Å². The summed E-state index contributed by atoms with van der Waals surface area (Å²) in [6.45, 7) is 7.04. The highest BCUT2D eigenvalue weighted by Gasteiger charge is 2.30. The van der Waals surface area contributed by atoms with Gasteiger partial charge in [0, 0.05) is 36.9 Å². The molecular formula is C21H26N4O3. The molecule has 2 heterocycles. The first kappa shape index (κ1) is 19.8. The van der Waals surface area contributed by atoms with Crippen LogP contribution in [0, 0.1) is 5.41 Å². The van der Waals surface area contributed by atoms with Gasteiger partial charge in [0.1, 0.15) is 5.75 Å². The normalized spacial score (nSPS) is 15.3. The zero-order valence-corrected chi connectivity index (χ0v) is 16.5. The second-order valence-corrected chi connectivity index (χ2v) is 8.10. The average Bonchev–Trinajstić information content (AvgIpc) is 2.68. The van der Waals surface area contributed by atoms with Crippen LogP contribution >= 0.6 is 0 Å². The van der Waals surface area contributed by atoms with E-state index >= 15 is 0 Å². The summed E-state index contributed by atoms with van der Waals surface area (Å²) >= 11 is 0. The van der Waals surface area contributed by atoms with Crippen LogP contribution in [0.25, 0.3) is 11.4 Å². The van der Waals surface area contributed by atoms with Crippen molar-refractivity contribution in [2.24, 2.45) is 5.41 Å². The zero-order valence-electron chi connectivity index (χ0n) is 16.5. The Morgan fingerprint density at radius 1 is 1.11 bits per heavy atom. The van der Waals surface area contributed by atoms with Gasteiger partial charge in [0.2, 0.25) is 5.91 Å². The largest absolute Gasteiger partial charge is 0.507 e. The number of para-hydroxylation sites is 1. The Bertz CT molecular complexity index is 851. The Kier molecular flexibility index (Phi) is 5.63. The number of aromatic hydroxyl groups is 1. The highest BCUT2D eigenvalue weighted by atomic mass is 16.3. The molecule has 0 radical (unpaired) electrons. The third-order valence-corrected chi connectivity index (χ3v) is 4.82. The number of nitrogens with zero attached hydrogens (tertiary/aromatic N) is 3. The number of aromatic nitrogens is 2. The van der Waals surface area contributed by atoms with E-state index in [1.54, 1.807) is 24.3 Å². The molecule has 7 heteroatoms. The summed E-state index contributed by atoms with van der Waals surface area (Å²) in [5, 5.41) is 12.9. The second-order valence-electron chi connectivity index (χ2n) is 8.10. The third-order valence-electron chi connectivity index (χ3n) is 4.82. The van der Waals surface area contributed by atoms with Gasteiger partial charge in [-0.25, -0.2) is 9.97 Å². The number of piperidine rings is 1. The number of hydrogen-bond donors (Lipinski definition) is 2. The van der Waals surface area contributed by atoms with Crippen LogP contribution in [0.2, 0.25) is 0 Å². The maximum Gasteiger partial charge on any atom is 0.254 e. The van der Waals surface area contributed by atoms with E-state index in [2.05, 4.69) is 15.3 Å². The third kappa shape index (κ3) is 4.47. The summed E-state index contributed by atoms with van der Waals surface area (Å²) in [5.41, 5.74) is 0.500. The Morgan fingerprint density at radius 3 is 2.29 bits per heavy atom. The lowest BCUT2D eigenvalue weighted by Crippen LogP contribution is -2.49. The van der Waals surface area contributed by atoms with Crippen LogP contribution in [0.3, 0.4) is 0 Å². The number of rotatable bonds is 3. The van der Waals surface area contributed by atoms with Gasteiger partial charge in [-0.2, -0.15) is 0 Å². The number of carbonyl (C=O) groups is 2. The van der Waals surface area contributed by atoms with E-state index in [9.17, 15) is 14.7 Å². The van der Waals surface area contributed by atoms with Crippen molar-refractivity contribution in [3.8, 4) is 17.1 Å². The molecule has 1 aromatic carbocycles. The summed E-state index contributed by atoms with van der Waals surface area (Å²) in [6.07, 6.45) is 4.37. The van der Waals surface area contributed by atoms with Crippen molar-refractivity contribution in [1.82, 2.24) is 20.2 Å². The van der Waals surface area contributed by atoms with E-state index in [4.69, 9.17) is 0 Å². The van der Waals surface area contributed by atoms with E-state index in [0.717, 1.165) is 12.8 Å². The van der Waals surface area contributed by atoms with Crippen molar-refractivity contribution in [2.45, 2.75) is 39.7 Å². The van der Waals surface area contributed by atoms with E-state index in [0.29, 0.717) is 30.0 Å². The summed E-state index contributed by atoms with van der Waals surface area (Å²) in [7, 11) is 0. The minimum atomic E-state index is -0.387. The maximum atomic E-state index is 12.5. The SMILES string of the molecule is CC(C)(C)C(=O)N1CCC(NC(=O)c2cnc(-c3ccccc3O)nc2)CC1. The molecule has 28 heavy (non-hydrogen) atoms. The summed E-state index contributed by atoms with van der Waals surface area (Å²) in [4.78, 5) is 35.1. The van der Waals surface area contributed by atoms with Crippen LogP contribution in [0.4, 0.5) is 0 Å². The van der Waals surface area contributed by atoms with Crippen molar-refractivity contribution in [2.75, 3.05) is 13.1 Å². The van der Waals surface area contributed by atoms with E-state index in [1.165, 1.54) is 12.4 Å². The summed E-state index contributed by atoms with van der Waals surface area (Å²) in [5.74, 6) is 0.370. The number of likely N-dealkylation sites (tertiary alicyclic amines) is 1. The fourth-order valence-corrected chi connectivity index (χ4v) is 3.22. The lowest BCUT2D eigenvalue weighted by atomic mass is 9.93. The number of nitrogens with one attached hydrogen (secondary N) is 1. The molecule has 2 N–H and O–H groups in total. The molecule has 0 unspecified atom stereocenters. The number of benzene rings is 1. The fourth-order valence-electron chi connectivity index (χ4n) is 3.22. The van der Waals surface area contributed by atoms with Gasteiger partial charge in [-0.1, -0.05) is 32.9 Å². The van der Waals surface area contributed by atoms with Gasteiger partial charge in [-0.15, -0.1) is 0 Å². The molecule has 7 nitrogen and oxygen atoms in total. The van der Waals surface area contributed by atoms with Gasteiger partial charge in [0.15, 0.2) is 5.82 Å². The Morgan fingerprint density at radius 2 is 1.71 bits per heavy atom. The van der Waals surface area contributed by atoms with Crippen LogP contribution in [0.15, 0.2) is 36.7 Å². The van der Waals surface area contributed by atoms with Crippen molar-refractivity contribution in [1.29, 1.82) is 0 Å². The standard InChI is InChI=1S/C21H26N4O3/c1-21(2,3)20(28)25-10-8-15(9-11-25)24-19(27)14-12-22-18(23-13-14)16-6-4-5-7-17(16)26/h4-7,12-13,15,26H,8-11H2,1-3H3,(H,24,27). The average molecular weight is 382 g/mol. The number of phenols is 1. The first-order valence-corrected chi connectivity index (χ1v) is 9.46. The number of phenolic OH excluding ortho intramolecular Hbond substituents is 1. The molecule has 1 aromatic heterocycles. The van der Waals surface area contributed by atoms with Crippen LogP contribution in [-0.2, 0) is 4.79 Å². The summed E-state index contributed by atoms with van der Waals surface area (Å²) in [6, 6.07) is 6.82. The highest BCUT2D eigenvalue weighted by molar-refractivity contribution is 5.94. The van der Waals surface area contributed by atoms with Crippen molar-refractivity contribution >= 4 is 11.8 Å². The molecule has 1 aliphatic heterocycles. The molecule has 1 aliphatic rings.